The highest BCUT2D eigenvalue weighted by atomic mass is 16.5. The van der Waals surface area contributed by atoms with Gasteiger partial charge in [-0.3, -0.25) is 0 Å². The summed E-state index contributed by atoms with van der Waals surface area (Å²) in [5.41, 5.74) is 1.40. The van der Waals surface area contributed by atoms with Gasteiger partial charge in [-0.25, -0.2) is 0 Å². The van der Waals surface area contributed by atoms with Crippen LogP contribution < -0.4 is 10.1 Å². The maximum absolute atomic E-state index is 5.58. The van der Waals surface area contributed by atoms with Crippen LogP contribution in [0.2, 0.25) is 0 Å². The van der Waals surface area contributed by atoms with Crippen LogP contribution >= 0.6 is 0 Å². The Morgan fingerprint density at radius 2 is 1.78 bits per heavy atom. The summed E-state index contributed by atoms with van der Waals surface area (Å²) in [7, 11) is 2.06. The van der Waals surface area contributed by atoms with Crippen LogP contribution in [0.1, 0.15) is 45.1 Å². The second-order valence-electron chi connectivity index (χ2n) is 4.81. The van der Waals surface area contributed by atoms with Gasteiger partial charge in [0.25, 0.3) is 0 Å². The molecule has 1 atom stereocenters. The van der Waals surface area contributed by atoms with E-state index in [0.29, 0.717) is 6.04 Å². The molecule has 0 bridgehead atoms. The predicted molar refractivity (Wildman–Crippen MR) is 78.3 cm³/mol. The normalized spacial score (nSPS) is 12.4. The van der Waals surface area contributed by atoms with Crippen molar-refractivity contribution in [3.63, 3.8) is 0 Å². The molecule has 1 aromatic carbocycles. The highest BCUT2D eigenvalue weighted by molar-refractivity contribution is 5.27. The molecule has 1 aromatic rings. The first kappa shape index (κ1) is 15.0. The van der Waals surface area contributed by atoms with Crippen molar-refractivity contribution in [3.8, 4) is 5.75 Å². The van der Waals surface area contributed by atoms with Gasteiger partial charge < -0.3 is 10.1 Å². The third kappa shape index (κ3) is 5.54. The molecule has 1 rings (SSSR count). The Balaban J connectivity index is 2.38. The Bertz CT molecular complexity index is 307. The fraction of sp³-hybridized carbons (Fsp3) is 0.625. The molecule has 102 valence electrons. The molecule has 0 amide bonds. The minimum atomic E-state index is 0.644. The fourth-order valence-electron chi connectivity index (χ4n) is 2.09. The van der Waals surface area contributed by atoms with Gasteiger partial charge in [0.15, 0.2) is 0 Å². The summed E-state index contributed by atoms with van der Waals surface area (Å²) in [6.07, 6.45) is 5.91. The number of ether oxygens (including phenoxy) is 1. The first-order valence-electron chi connectivity index (χ1n) is 7.19. The standard InChI is InChI=1S/C16H27NO/c1-4-6-15(17-3)10-7-14-8-11-16(12-9-14)18-13-5-2/h8-9,11-12,15,17H,4-7,10,13H2,1-3H3. The van der Waals surface area contributed by atoms with Crippen molar-refractivity contribution < 1.29 is 4.74 Å². The summed E-state index contributed by atoms with van der Waals surface area (Å²) in [5.74, 6) is 0.985. The van der Waals surface area contributed by atoms with Crippen LogP contribution in [0.4, 0.5) is 0 Å². The molecule has 18 heavy (non-hydrogen) atoms. The molecule has 0 fully saturated rings. The Morgan fingerprint density at radius 3 is 2.33 bits per heavy atom. The van der Waals surface area contributed by atoms with Crippen LogP contribution in [0, 0.1) is 0 Å². The summed E-state index contributed by atoms with van der Waals surface area (Å²) in [5, 5.41) is 3.39. The number of benzene rings is 1. The van der Waals surface area contributed by atoms with Gasteiger partial charge in [-0.2, -0.15) is 0 Å². The third-order valence-corrected chi connectivity index (χ3v) is 3.22. The van der Waals surface area contributed by atoms with Crippen LogP contribution in [0.5, 0.6) is 5.75 Å². The van der Waals surface area contributed by atoms with E-state index in [2.05, 4.69) is 50.5 Å². The molecule has 0 saturated carbocycles. The van der Waals surface area contributed by atoms with E-state index in [0.717, 1.165) is 25.2 Å². The van der Waals surface area contributed by atoms with Crippen LogP contribution in [-0.2, 0) is 6.42 Å². The third-order valence-electron chi connectivity index (χ3n) is 3.22. The van der Waals surface area contributed by atoms with Crippen LogP contribution in [0.25, 0.3) is 0 Å². The highest BCUT2D eigenvalue weighted by Crippen LogP contribution is 2.15. The van der Waals surface area contributed by atoms with E-state index >= 15 is 0 Å². The molecule has 1 unspecified atom stereocenters. The SMILES string of the molecule is CCCOc1ccc(CCC(CCC)NC)cc1. The average Bonchev–Trinajstić information content (AvgIpc) is 2.42. The Labute approximate surface area is 112 Å². The van der Waals surface area contributed by atoms with Crippen molar-refractivity contribution in [2.45, 2.75) is 52.0 Å². The Morgan fingerprint density at radius 1 is 1.06 bits per heavy atom. The van der Waals surface area contributed by atoms with E-state index in [1.165, 1.54) is 24.8 Å². The van der Waals surface area contributed by atoms with Gasteiger partial charge >= 0.3 is 0 Å². The van der Waals surface area contributed by atoms with Crippen molar-refractivity contribution in [1.29, 1.82) is 0 Å². The molecule has 0 heterocycles. The van der Waals surface area contributed by atoms with Crippen LogP contribution in [-0.4, -0.2) is 19.7 Å². The van der Waals surface area contributed by atoms with E-state index in [1.807, 2.05) is 0 Å². The topological polar surface area (TPSA) is 21.3 Å². The first-order valence-corrected chi connectivity index (χ1v) is 7.19. The quantitative estimate of drug-likeness (QED) is 0.719. The lowest BCUT2D eigenvalue weighted by molar-refractivity contribution is 0.317. The Kier molecular flexibility index (Phi) is 7.51. The van der Waals surface area contributed by atoms with Gasteiger partial charge in [0.2, 0.25) is 0 Å². The smallest absolute Gasteiger partial charge is 0.119 e. The summed E-state index contributed by atoms with van der Waals surface area (Å²) >= 11 is 0. The van der Waals surface area contributed by atoms with Crippen molar-refractivity contribution in [2.24, 2.45) is 0 Å². The van der Waals surface area contributed by atoms with Crippen molar-refractivity contribution in [3.05, 3.63) is 29.8 Å². The van der Waals surface area contributed by atoms with Crippen LogP contribution in [0.3, 0.4) is 0 Å². The molecule has 0 aliphatic carbocycles. The maximum atomic E-state index is 5.58. The Hall–Kier alpha value is -1.02. The van der Waals surface area contributed by atoms with Crippen molar-refractivity contribution in [1.82, 2.24) is 5.32 Å². The molecule has 0 radical (unpaired) electrons. The molecule has 0 spiro atoms. The van der Waals surface area contributed by atoms with E-state index in [-0.39, 0.29) is 0 Å². The zero-order valence-electron chi connectivity index (χ0n) is 12.0. The summed E-state index contributed by atoms with van der Waals surface area (Å²) in [6, 6.07) is 9.18. The lowest BCUT2D eigenvalue weighted by Crippen LogP contribution is -2.25. The van der Waals surface area contributed by atoms with Gasteiger partial charge in [0.05, 0.1) is 6.61 Å². The first-order chi connectivity index (χ1) is 8.80. The van der Waals surface area contributed by atoms with Gasteiger partial charge in [-0.1, -0.05) is 32.4 Å². The van der Waals surface area contributed by atoms with Gasteiger partial charge in [0, 0.05) is 6.04 Å². The molecule has 2 nitrogen and oxygen atoms in total. The number of aryl methyl sites for hydroxylation is 1. The highest BCUT2D eigenvalue weighted by Gasteiger charge is 2.04. The van der Waals surface area contributed by atoms with E-state index < -0.39 is 0 Å². The maximum Gasteiger partial charge on any atom is 0.119 e. The largest absolute Gasteiger partial charge is 0.494 e. The molecule has 0 aromatic heterocycles. The summed E-state index contributed by atoms with van der Waals surface area (Å²) < 4.78 is 5.58. The van der Waals surface area contributed by atoms with Gasteiger partial charge in [0.1, 0.15) is 5.75 Å². The number of nitrogens with one attached hydrogen (secondary N) is 1. The molecule has 2 heteroatoms. The van der Waals surface area contributed by atoms with E-state index in [9.17, 15) is 0 Å². The lowest BCUT2D eigenvalue weighted by atomic mass is 10.0. The zero-order chi connectivity index (χ0) is 13.2. The molecular weight excluding hydrogens is 222 g/mol. The van der Waals surface area contributed by atoms with Gasteiger partial charge in [-0.15, -0.1) is 0 Å². The minimum absolute atomic E-state index is 0.644. The second-order valence-corrected chi connectivity index (χ2v) is 4.81. The van der Waals surface area contributed by atoms with Crippen molar-refractivity contribution >= 4 is 0 Å². The number of rotatable bonds is 9. The summed E-state index contributed by atoms with van der Waals surface area (Å²) in [4.78, 5) is 0. The fourth-order valence-corrected chi connectivity index (χ4v) is 2.09. The second kappa shape index (κ2) is 8.98. The molecular formula is C16H27NO. The minimum Gasteiger partial charge on any atom is -0.494 e. The predicted octanol–water partition coefficient (Wildman–Crippen LogP) is 3.80. The molecule has 0 aliphatic rings. The monoisotopic (exact) mass is 249 g/mol. The van der Waals surface area contributed by atoms with Crippen LogP contribution in [0.15, 0.2) is 24.3 Å². The number of hydrogen-bond acceptors (Lipinski definition) is 2. The molecule has 0 aliphatic heterocycles. The summed E-state index contributed by atoms with van der Waals surface area (Å²) in [6.45, 7) is 5.17. The number of hydrogen-bond donors (Lipinski definition) is 1. The average molecular weight is 249 g/mol. The molecule has 0 saturated heterocycles. The molecule has 1 N–H and O–H groups in total. The van der Waals surface area contributed by atoms with Gasteiger partial charge in [-0.05, 0) is 50.4 Å². The zero-order valence-corrected chi connectivity index (χ0v) is 12.0. The lowest BCUT2D eigenvalue weighted by Gasteiger charge is -2.15. The van der Waals surface area contributed by atoms with Crippen molar-refractivity contribution in [2.75, 3.05) is 13.7 Å². The van der Waals surface area contributed by atoms with E-state index in [1.54, 1.807) is 0 Å². The van der Waals surface area contributed by atoms with E-state index in [4.69, 9.17) is 4.74 Å².